The summed E-state index contributed by atoms with van der Waals surface area (Å²) < 4.78 is 0. The maximum Gasteiger partial charge on any atom is 0.255 e. The molecule has 0 saturated heterocycles. The molecule has 0 aromatic carbocycles. The van der Waals surface area contributed by atoms with Crippen LogP contribution in [-0.4, -0.2) is 9.97 Å². The second-order valence-electron chi connectivity index (χ2n) is 3.94. The van der Waals surface area contributed by atoms with Gasteiger partial charge in [-0.1, -0.05) is 19.8 Å². The molecule has 76 valence electrons. The minimum absolute atomic E-state index is 0.0499. The highest BCUT2D eigenvalue weighted by molar-refractivity contribution is 5.29. The fourth-order valence-electron chi connectivity index (χ4n) is 2.19. The third-order valence-corrected chi connectivity index (χ3v) is 2.79. The van der Waals surface area contributed by atoms with Crippen molar-refractivity contribution in [2.24, 2.45) is 5.92 Å². The molecule has 0 amide bonds. The van der Waals surface area contributed by atoms with Gasteiger partial charge in [0.05, 0.1) is 5.69 Å². The maximum atomic E-state index is 11.5. The van der Waals surface area contributed by atoms with Gasteiger partial charge in [-0.25, -0.2) is 4.98 Å². The lowest BCUT2D eigenvalue weighted by molar-refractivity contribution is 0.504. The van der Waals surface area contributed by atoms with E-state index in [1.807, 2.05) is 0 Å². The average molecular weight is 193 g/mol. The van der Waals surface area contributed by atoms with Gasteiger partial charge in [-0.05, 0) is 18.8 Å². The van der Waals surface area contributed by atoms with Crippen LogP contribution in [0, 0.1) is 5.92 Å². The van der Waals surface area contributed by atoms with Crippen molar-refractivity contribution in [3.8, 4) is 0 Å². The van der Waals surface area contributed by atoms with Crippen LogP contribution in [-0.2, 0) is 12.8 Å². The molecule has 0 spiro atoms. The first-order valence-electron chi connectivity index (χ1n) is 5.08. The minimum atomic E-state index is -0.0499. The van der Waals surface area contributed by atoms with E-state index in [2.05, 4.69) is 16.9 Å². The maximum absolute atomic E-state index is 11.5. The van der Waals surface area contributed by atoms with Crippen molar-refractivity contribution in [1.29, 1.82) is 0 Å². The van der Waals surface area contributed by atoms with Crippen LogP contribution in [0.2, 0.25) is 0 Å². The Labute approximate surface area is 82.6 Å². The number of hydrogen-bond donors (Lipinski definition) is 2. The fourth-order valence-corrected chi connectivity index (χ4v) is 2.19. The van der Waals surface area contributed by atoms with Crippen LogP contribution in [0.25, 0.3) is 0 Å². The number of hydrogen-bond acceptors (Lipinski definition) is 3. The standard InChI is InChI=1S/C10H15N3O/c1-2-3-6-4-7-8(5-6)12-10(11)13-9(7)14/h6H,2-5H2,1H3,(H3,11,12,13,14). The third kappa shape index (κ3) is 1.52. The summed E-state index contributed by atoms with van der Waals surface area (Å²) in [5, 5.41) is 0. The Morgan fingerprint density at radius 2 is 2.36 bits per heavy atom. The van der Waals surface area contributed by atoms with Gasteiger partial charge in [0.25, 0.3) is 5.56 Å². The summed E-state index contributed by atoms with van der Waals surface area (Å²) in [6.45, 7) is 2.16. The molecule has 4 nitrogen and oxygen atoms in total. The first-order valence-corrected chi connectivity index (χ1v) is 5.08. The van der Waals surface area contributed by atoms with Crippen LogP contribution in [0.1, 0.15) is 31.0 Å². The number of fused-ring (bicyclic) bond motifs is 1. The lowest BCUT2D eigenvalue weighted by atomic mass is 10.0. The third-order valence-electron chi connectivity index (χ3n) is 2.79. The number of rotatable bonds is 2. The molecular weight excluding hydrogens is 178 g/mol. The van der Waals surface area contributed by atoms with E-state index in [9.17, 15) is 4.79 Å². The van der Waals surface area contributed by atoms with E-state index in [0.29, 0.717) is 5.92 Å². The molecule has 1 aliphatic carbocycles. The van der Waals surface area contributed by atoms with E-state index < -0.39 is 0 Å². The Bertz CT molecular complexity index is 397. The van der Waals surface area contributed by atoms with Crippen LogP contribution in [0.4, 0.5) is 5.95 Å². The first-order chi connectivity index (χ1) is 6.70. The molecule has 4 heteroatoms. The second kappa shape index (κ2) is 3.44. The van der Waals surface area contributed by atoms with E-state index in [1.54, 1.807) is 0 Å². The van der Waals surface area contributed by atoms with Gasteiger partial charge in [0, 0.05) is 5.56 Å². The van der Waals surface area contributed by atoms with E-state index in [-0.39, 0.29) is 11.5 Å². The summed E-state index contributed by atoms with van der Waals surface area (Å²) in [6.07, 6.45) is 4.10. The highest BCUT2D eigenvalue weighted by Gasteiger charge is 2.24. The molecule has 14 heavy (non-hydrogen) atoms. The summed E-state index contributed by atoms with van der Waals surface area (Å²) in [6, 6.07) is 0. The Hall–Kier alpha value is -1.32. The van der Waals surface area contributed by atoms with Crippen molar-refractivity contribution in [3.63, 3.8) is 0 Å². The van der Waals surface area contributed by atoms with Crippen LogP contribution < -0.4 is 11.3 Å². The zero-order valence-electron chi connectivity index (χ0n) is 8.34. The van der Waals surface area contributed by atoms with Crippen LogP contribution in [0.5, 0.6) is 0 Å². The number of aromatic nitrogens is 2. The normalized spacial score (nSPS) is 19.6. The Morgan fingerprint density at radius 3 is 3.07 bits per heavy atom. The molecule has 1 aromatic rings. The summed E-state index contributed by atoms with van der Waals surface area (Å²) in [7, 11) is 0. The molecule has 0 aliphatic heterocycles. The van der Waals surface area contributed by atoms with Crippen molar-refractivity contribution >= 4 is 5.95 Å². The summed E-state index contributed by atoms with van der Waals surface area (Å²) in [5.74, 6) is 0.830. The Balaban J connectivity index is 2.31. The number of nitrogen functional groups attached to an aromatic ring is 1. The quantitative estimate of drug-likeness (QED) is 0.732. The highest BCUT2D eigenvalue weighted by Crippen LogP contribution is 2.25. The summed E-state index contributed by atoms with van der Waals surface area (Å²) >= 11 is 0. The van der Waals surface area contributed by atoms with Gasteiger partial charge in [-0.3, -0.25) is 9.78 Å². The number of aromatic amines is 1. The van der Waals surface area contributed by atoms with Crippen molar-refractivity contribution in [1.82, 2.24) is 9.97 Å². The molecular formula is C10H15N3O. The van der Waals surface area contributed by atoms with Crippen molar-refractivity contribution in [3.05, 3.63) is 21.6 Å². The molecule has 0 radical (unpaired) electrons. The van der Waals surface area contributed by atoms with Gasteiger partial charge < -0.3 is 5.73 Å². The Morgan fingerprint density at radius 1 is 1.57 bits per heavy atom. The molecule has 0 bridgehead atoms. The number of nitrogens with two attached hydrogens (primary N) is 1. The number of H-pyrrole nitrogens is 1. The lowest BCUT2D eigenvalue weighted by Crippen LogP contribution is -2.16. The molecule has 1 heterocycles. The molecule has 3 N–H and O–H groups in total. The summed E-state index contributed by atoms with van der Waals surface area (Å²) in [5.41, 5.74) is 7.19. The van der Waals surface area contributed by atoms with Gasteiger partial charge in [0.2, 0.25) is 5.95 Å². The highest BCUT2D eigenvalue weighted by atomic mass is 16.1. The molecule has 1 unspecified atom stereocenters. The largest absolute Gasteiger partial charge is 0.369 e. The van der Waals surface area contributed by atoms with Gasteiger partial charge in [-0.15, -0.1) is 0 Å². The van der Waals surface area contributed by atoms with Crippen LogP contribution >= 0.6 is 0 Å². The van der Waals surface area contributed by atoms with Crippen molar-refractivity contribution in [2.45, 2.75) is 32.6 Å². The van der Waals surface area contributed by atoms with Crippen LogP contribution in [0.3, 0.4) is 0 Å². The summed E-state index contributed by atoms with van der Waals surface area (Å²) in [4.78, 5) is 18.2. The second-order valence-corrected chi connectivity index (χ2v) is 3.94. The number of nitrogens with zero attached hydrogens (tertiary/aromatic N) is 1. The van der Waals surface area contributed by atoms with Crippen LogP contribution in [0.15, 0.2) is 4.79 Å². The van der Waals surface area contributed by atoms with Crippen molar-refractivity contribution < 1.29 is 0 Å². The van der Waals surface area contributed by atoms with Gasteiger partial charge in [0.15, 0.2) is 0 Å². The van der Waals surface area contributed by atoms with E-state index in [4.69, 9.17) is 5.73 Å². The predicted octanol–water partition coefficient (Wildman–Crippen LogP) is 0.867. The van der Waals surface area contributed by atoms with E-state index in [1.165, 1.54) is 0 Å². The smallest absolute Gasteiger partial charge is 0.255 e. The van der Waals surface area contributed by atoms with E-state index >= 15 is 0 Å². The van der Waals surface area contributed by atoms with E-state index in [0.717, 1.165) is 36.9 Å². The topological polar surface area (TPSA) is 71.8 Å². The zero-order valence-corrected chi connectivity index (χ0v) is 8.34. The van der Waals surface area contributed by atoms with Gasteiger partial charge in [-0.2, -0.15) is 0 Å². The predicted molar refractivity (Wildman–Crippen MR) is 55.1 cm³/mol. The molecule has 0 saturated carbocycles. The molecule has 1 aliphatic rings. The lowest BCUT2D eigenvalue weighted by Gasteiger charge is -2.03. The minimum Gasteiger partial charge on any atom is -0.369 e. The first kappa shape index (κ1) is 9.24. The molecule has 0 fully saturated rings. The number of nitrogens with one attached hydrogen (secondary N) is 1. The number of anilines is 1. The molecule has 1 aromatic heterocycles. The monoisotopic (exact) mass is 193 g/mol. The Kier molecular flexibility index (Phi) is 2.27. The van der Waals surface area contributed by atoms with Gasteiger partial charge in [0.1, 0.15) is 0 Å². The molecule has 2 rings (SSSR count). The zero-order chi connectivity index (χ0) is 10.1. The average Bonchev–Trinajstić information content (AvgIpc) is 2.48. The SMILES string of the molecule is CCCC1Cc2nc(N)[nH]c(=O)c2C1. The van der Waals surface area contributed by atoms with Crippen molar-refractivity contribution in [2.75, 3.05) is 5.73 Å². The molecule has 1 atom stereocenters. The van der Waals surface area contributed by atoms with Gasteiger partial charge >= 0.3 is 0 Å². The fraction of sp³-hybridized carbons (Fsp3) is 0.600.